The third-order valence-corrected chi connectivity index (χ3v) is 7.73. The molecule has 9 heteroatoms. The van der Waals surface area contributed by atoms with Crippen molar-refractivity contribution in [3.8, 4) is 0 Å². The summed E-state index contributed by atoms with van der Waals surface area (Å²) in [6, 6.07) is 20.3. The molecular weight excluding hydrogens is 504 g/mol. The van der Waals surface area contributed by atoms with Crippen molar-refractivity contribution in [2.24, 2.45) is 5.92 Å². The van der Waals surface area contributed by atoms with E-state index in [2.05, 4.69) is 15.5 Å². The van der Waals surface area contributed by atoms with Gasteiger partial charge in [0.15, 0.2) is 0 Å². The normalized spacial score (nSPS) is 21.3. The number of amides is 3. The SMILES string of the molecule is O=C1Nc2ccccc2C(N2CCN(c3ccc(NC(=O)C4CCOC4)cc3Cl)C(=O)C2)c2ccccc21. The van der Waals surface area contributed by atoms with E-state index in [1.54, 1.807) is 23.1 Å². The van der Waals surface area contributed by atoms with Crippen molar-refractivity contribution in [3.05, 3.63) is 88.4 Å². The average molecular weight is 531 g/mol. The van der Waals surface area contributed by atoms with Gasteiger partial charge in [-0.3, -0.25) is 19.3 Å². The van der Waals surface area contributed by atoms with Crippen molar-refractivity contribution in [1.29, 1.82) is 0 Å². The summed E-state index contributed by atoms with van der Waals surface area (Å²) in [4.78, 5) is 42.7. The van der Waals surface area contributed by atoms with Gasteiger partial charge >= 0.3 is 0 Å². The van der Waals surface area contributed by atoms with E-state index in [1.807, 2.05) is 48.5 Å². The minimum atomic E-state index is -0.250. The lowest BCUT2D eigenvalue weighted by Gasteiger charge is -2.39. The number of benzene rings is 3. The molecule has 0 radical (unpaired) electrons. The highest BCUT2D eigenvalue weighted by molar-refractivity contribution is 6.34. The summed E-state index contributed by atoms with van der Waals surface area (Å²) in [6.45, 7) is 2.21. The first kappa shape index (κ1) is 24.6. The topological polar surface area (TPSA) is 91.0 Å². The highest BCUT2D eigenvalue weighted by Crippen LogP contribution is 2.39. The van der Waals surface area contributed by atoms with Crippen LogP contribution in [0.3, 0.4) is 0 Å². The molecule has 0 spiro atoms. The molecule has 3 aliphatic rings. The Morgan fingerprint density at radius 1 is 1.00 bits per heavy atom. The zero-order chi connectivity index (χ0) is 26.2. The van der Waals surface area contributed by atoms with Crippen LogP contribution in [0.4, 0.5) is 17.1 Å². The van der Waals surface area contributed by atoms with E-state index in [-0.39, 0.29) is 36.2 Å². The molecule has 3 amide bonds. The number of nitrogens with zero attached hydrogens (tertiary/aromatic N) is 2. The first-order chi connectivity index (χ1) is 18.5. The molecule has 194 valence electrons. The third-order valence-electron chi connectivity index (χ3n) is 7.43. The Morgan fingerprint density at radius 3 is 2.55 bits per heavy atom. The van der Waals surface area contributed by atoms with Crippen molar-refractivity contribution in [1.82, 2.24) is 4.90 Å². The summed E-state index contributed by atoms with van der Waals surface area (Å²) < 4.78 is 5.30. The number of halogens is 1. The number of nitrogens with one attached hydrogen (secondary N) is 2. The Balaban J connectivity index is 1.23. The zero-order valence-corrected chi connectivity index (χ0v) is 21.4. The van der Waals surface area contributed by atoms with Crippen LogP contribution in [0.15, 0.2) is 66.7 Å². The van der Waals surface area contributed by atoms with E-state index < -0.39 is 0 Å². The number of rotatable bonds is 4. The molecule has 0 bridgehead atoms. The molecule has 0 saturated carbocycles. The van der Waals surface area contributed by atoms with E-state index in [0.29, 0.717) is 54.7 Å². The van der Waals surface area contributed by atoms with Crippen LogP contribution in [0.2, 0.25) is 5.02 Å². The fourth-order valence-corrected chi connectivity index (χ4v) is 5.78. The number of carbonyl (C=O) groups is 3. The molecule has 2 N–H and O–H groups in total. The molecule has 3 aliphatic heterocycles. The molecule has 2 fully saturated rings. The summed E-state index contributed by atoms with van der Waals surface area (Å²) in [5.41, 5.74) is 4.38. The number of ether oxygens (including phenoxy) is 1. The predicted molar refractivity (Wildman–Crippen MR) is 146 cm³/mol. The summed E-state index contributed by atoms with van der Waals surface area (Å²) in [7, 11) is 0. The van der Waals surface area contributed by atoms with Gasteiger partial charge in [-0.25, -0.2) is 0 Å². The van der Waals surface area contributed by atoms with E-state index in [9.17, 15) is 14.4 Å². The molecule has 2 atom stereocenters. The monoisotopic (exact) mass is 530 g/mol. The highest BCUT2D eigenvalue weighted by atomic mass is 35.5. The van der Waals surface area contributed by atoms with E-state index in [1.165, 1.54) is 0 Å². The number of carbonyl (C=O) groups excluding carboxylic acids is 3. The second-order valence-electron chi connectivity index (χ2n) is 9.76. The van der Waals surface area contributed by atoms with Crippen molar-refractivity contribution in [3.63, 3.8) is 0 Å². The molecule has 3 heterocycles. The van der Waals surface area contributed by atoms with Crippen molar-refractivity contribution in [2.45, 2.75) is 12.5 Å². The quantitative estimate of drug-likeness (QED) is 0.524. The van der Waals surface area contributed by atoms with Gasteiger partial charge in [0.25, 0.3) is 5.91 Å². The maximum atomic E-state index is 13.5. The second-order valence-corrected chi connectivity index (χ2v) is 10.2. The van der Waals surface area contributed by atoms with Crippen molar-refractivity contribution >= 4 is 46.4 Å². The van der Waals surface area contributed by atoms with Gasteiger partial charge in [-0.05, 0) is 47.9 Å². The summed E-state index contributed by atoms with van der Waals surface area (Å²) in [5, 5.41) is 6.31. The minimum Gasteiger partial charge on any atom is -0.381 e. The number of para-hydroxylation sites is 1. The molecular formula is C29H27ClN4O4. The third kappa shape index (κ3) is 4.55. The maximum Gasteiger partial charge on any atom is 0.256 e. The first-order valence-corrected chi connectivity index (χ1v) is 13.1. The predicted octanol–water partition coefficient (Wildman–Crippen LogP) is 4.32. The molecule has 2 unspecified atom stereocenters. The van der Waals surface area contributed by atoms with Crippen LogP contribution < -0.4 is 15.5 Å². The number of anilines is 3. The minimum absolute atomic E-state index is 0.0865. The lowest BCUT2D eigenvalue weighted by molar-refractivity contribution is -0.122. The summed E-state index contributed by atoms with van der Waals surface area (Å²) >= 11 is 6.60. The smallest absolute Gasteiger partial charge is 0.256 e. The van der Waals surface area contributed by atoms with Crippen LogP contribution in [0, 0.1) is 5.92 Å². The van der Waals surface area contributed by atoms with E-state index in [4.69, 9.17) is 16.3 Å². The van der Waals surface area contributed by atoms with Gasteiger partial charge in [-0.1, -0.05) is 48.0 Å². The highest BCUT2D eigenvalue weighted by Gasteiger charge is 2.36. The van der Waals surface area contributed by atoms with Gasteiger partial charge in [0, 0.05) is 36.6 Å². The van der Waals surface area contributed by atoms with Crippen LogP contribution in [0.1, 0.15) is 33.9 Å². The van der Waals surface area contributed by atoms with Crippen LogP contribution in [0.25, 0.3) is 0 Å². The van der Waals surface area contributed by atoms with Crippen LogP contribution in [0.5, 0.6) is 0 Å². The molecule has 3 aromatic rings. The molecule has 8 nitrogen and oxygen atoms in total. The largest absolute Gasteiger partial charge is 0.381 e. The van der Waals surface area contributed by atoms with Gasteiger partial charge < -0.3 is 20.3 Å². The lowest BCUT2D eigenvalue weighted by Crippen LogP contribution is -2.51. The van der Waals surface area contributed by atoms with Crippen LogP contribution >= 0.6 is 11.6 Å². The lowest BCUT2D eigenvalue weighted by atomic mass is 9.93. The van der Waals surface area contributed by atoms with Crippen molar-refractivity contribution in [2.75, 3.05) is 48.4 Å². The summed E-state index contributed by atoms with van der Waals surface area (Å²) in [5.74, 6) is -0.489. The average Bonchev–Trinajstić information content (AvgIpc) is 3.42. The van der Waals surface area contributed by atoms with Gasteiger partial charge in [-0.15, -0.1) is 0 Å². The molecule has 3 aromatic carbocycles. The Labute approximate surface area is 225 Å². The fraction of sp³-hybridized carbons (Fsp3) is 0.276. The fourth-order valence-electron chi connectivity index (χ4n) is 5.50. The van der Waals surface area contributed by atoms with Crippen LogP contribution in [-0.4, -0.2) is 55.5 Å². The first-order valence-electron chi connectivity index (χ1n) is 12.7. The Bertz CT molecular complexity index is 1420. The molecule has 0 aliphatic carbocycles. The van der Waals surface area contributed by atoms with Gasteiger partial charge in [0.2, 0.25) is 11.8 Å². The van der Waals surface area contributed by atoms with Crippen molar-refractivity contribution < 1.29 is 19.1 Å². The second kappa shape index (κ2) is 10.2. The van der Waals surface area contributed by atoms with Gasteiger partial charge in [0.05, 0.1) is 35.8 Å². The van der Waals surface area contributed by atoms with Gasteiger partial charge in [0.1, 0.15) is 0 Å². The maximum absolute atomic E-state index is 13.5. The Hall–Kier alpha value is -3.72. The number of fused-ring (bicyclic) bond motifs is 2. The number of hydrogen-bond acceptors (Lipinski definition) is 5. The number of piperazine rings is 1. The zero-order valence-electron chi connectivity index (χ0n) is 20.7. The number of hydrogen-bond donors (Lipinski definition) is 2. The molecule has 38 heavy (non-hydrogen) atoms. The van der Waals surface area contributed by atoms with E-state index in [0.717, 1.165) is 16.8 Å². The molecule has 6 rings (SSSR count). The standard InChI is InChI=1S/C29H27ClN4O4/c30-23-15-19(31-28(36)18-11-14-38-17-18)9-10-25(23)34-13-12-33(16-26(34)35)27-20-5-1-2-6-21(20)29(37)32-24-8-4-3-7-22(24)27/h1-10,15,18,27H,11-14,16-17H2,(H,31,36)(H,32,37). The molecule has 2 saturated heterocycles. The van der Waals surface area contributed by atoms with Gasteiger partial charge in [-0.2, -0.15) is 0 Å². The summed E-state index contributed by atoms with van der Waals surface area (Å²) in [6.07, 6.45) is 0.705. The molecule has 0 aromatic heterocycles. The van der Waals surface area contributed by atoms with E-state index >= 15 is 0 Å². The Kier molecular flexibility index (Phi) is 6.61. The van der Waals surface area contributed by atoms with Crippen LogP contribution in [-0.2, 0) is 14.3 Å². The Morgan fingerprint density at radius 2 is 1.79 bits per heavy atom.